The van der Waals surface area contributed by atoms with Crippen LogP contribution in [-0.4, -0.2) is 56.8 Å². The van der Waals surface area contributed by atoms with E-state index in [2.05, 4.69) is 35.2 Å². The lowest BCUT2D eigenvalue weighted by atomic mass is 10.3. The molecule has 1 saturated heterocycles. The van der Waals surface area contributed by atoms with Gasteiger partial charge in [0.25, 0.3) is 11.5 Å². The molecule has 0 spiro atoms. The van der Waals surface area contributed by atoms with Gasteiger partial charge in [0.15, 0.2) is 0 Å². The van der Waals surface area contributed by atoms with Gasteiger partial charge < -0.3 is 15.1 Å². The van der Waals surface area contributed by atoms with Crippen molar-refractivity contribution in [1.82, 2.24) is 24.7 Å². The van der Waals surface area contributed by atoms with E-state index in [9.17, 15) is 9.59 Å². The van der Waals surface area contributed by atoms with E-state index in [0.29, 0.717) is 11.6 Å². The predicted molar refractivity (Wildman–Crippen MR) is 108 cm³/mol. The summed E-state index contributed by atoms with van der Waals surface area (Å²) in [6.45, 7) is 3.23. The highest BCUT2D eigenvalue weighted by atomic mass is 16.2. The predicted octanol–water partition coefficient (Wildman–Crippen LogP) is 0.544. The number of hydrogen-bond acceptors (Lipinski definition) is 8. The Balaban J connectivity index is 1.36. The lowest BCUT2D eigenvalue weighted by Gasteiger charge is -2.35. The molecule has 0 atom stereocenters. The molecular weight excluding hydrogens is 372 g/mol. The van der Waals surface area contributed by atoms with Crippen LogP contribution in [0.2, 0.25) is 0 Å². The normalized spacial score (nSPS) is 14.0. The summed E-state index contributed by atoms with van der Waals surface area (Å²) >= 11 is 0. The van der Waals surface area contributed by atoms with Gasteiger partial charge in [-0.15, -0.1) is 0 Å². The summed E-state index contributed by atoms with van der Waals surface area (Å²) in [6.07, 6.45) is 4.92. The molecule has 3 aromatic rings. The van der Waals surface area contributed by atoms with Crippen LogP contribution in [0.15, 0.2) is 53.7 Å². The minimum Gasteiger partial charge on any atom is -0.353 e. The van der Waals surface area contributed by atoms with Gasteiger partial charge in [0.05, 0.1) is 18.1 Å². The third-order valence-electron chi connectivity index (χ3n) is 4.62. The number of piperazine rings is 1. The Morgan fingerprint density at radius 3 is 2.34 bits per heavy atom. The highest BCUT2D eigenvalue weighted by Gasteiger charge is 2.20. The Hall–Kier alpha value is -3.82. The van der Waals surface area contributed by atoms with Crippen LogP contribution in [-0.2, 0) is 7.05 Å². The Morgan fingerprint density at radius 2 is 1.69 bits per heavy atom. The Kier molecular flexibility index (Phi) is 5.14. The average molecular weight is 392 g/mol. The molecule has 0 saturated carbocycles. The van der Waals surface area contributed by atoms with E-state index in [1.54, 1.807) is 18.6 Å². The van der Waals surface area contributed by atoms with Crippen LogP contribution in [0.25, 0.3) is 0 Å². The minimum atomic E-state index is -0.430. The third kappa shape index (κ3) is 4.21. The summed E-state index contributed by atoms with van der Waals surface area (Å²) in [7, 11) is 1.49. The van der Waals surface area contributed by atoms with Crippen LogP contribution in [0.1, 0.15) is 10.5 Å². The van der Waals surface area contributed by atoms with Crippen molar-refractivity contribution < 1.29 is 4.79 Å². The van der Waals surface area contributed by atoms with E-state index in [0.717, 1.165) is 36.7 Å². The van der Waals surface area contributed by atoms with Crippen LogP contribution in [0, 0.1) is 0 Å². The van der Waals surface area contributed by atoms with Gasteiger partial charge in [0, 0.05) is 45.5 Å². The second-order valence-corrected chi connectivity index (χ2v) is 6.57. The fraction of sp³-hybridized carbons (Fsp3) is 0.263. The zero-order valence-corrected chi connectivity index (χ0v) is 15.9. The lowest BCUT2D eigenvalue weighted by Crippen LogP contribution is -2.47. The van der Waals surface area contributed by atoms with Crippen molar-refractivity contribution in [3.05, 3.63) is 65.0 Å². The van der Waals surface area contributed by atoms with Gasteiger partial charge in [0.2, 0.25) is 5.95 Å². The van der Waals surface area contributed by atoms with Crippen molar-refractivity contribution >= 4 is 23.4 Å². The summed E-state index contributed by atoms with van der Waals surface area (Å²) in [4.78, 5) is 41.1. The molecule has 3 aromatic heterocycles. The van der Waals surface area contributed by atoms with E-state index in [4.69, 9.17) is 0 Å². The number of anilines is 3. The van der Waals surface area contributed by atoms with Crippen LogP contribution >= 0.6 is 0 Å². The maximum absolute atomic E-state index is 12.3. The zero-order chi connectivity index (χ0) is 20.2. The van der Waals surface area contributed by atoms with Crippen LogP contribution < -0.4 is 20.7 Å². The monoisotopic (exact) mass is 392 g/mol. The van der Waals surface area contributed by atoms with E-state index < -0.39 is 5.91 Å². The molecule has 1 amide bonds. The van der Waals surface area contributed by atoms with E-state index in [-0.39, 0.29) is 11.3 Å². The largest absolute Gasteiger partial charge is 0.353 e. The second kappa shape index (κ2) is 8.05. The number of pyridine rings is 1. The number of nitrogens with zero attached hydrogens (tertiary/aromatic N) is 7. The lowest BCUT2D eigenvalue weighted by molar-refractivity contribution is 0.102. The molecule has 0 aromatic carbocycles. The van der Waals surface area contributed by atoms with E-state index in [1.165, 1.54) is 19.2 Å². The van der Waals surface area contributed by atoms with Gasteiger partial charge >= 0.3 is 0 Å². The van der Waals surface area contributed by atoms with Crippen LogP contribution in [0.4, 0.5) is 17.5 Å². The highest BCUT2D eigenvalue weighted by Crippen LogP contribution is 2.16. The van der Waals surface area contributed by atoms with Gasteiger partial charge in [-0.25, -0.2) is 19.6 Å². The van der Waals surface area contributed by atoms with Crippen molar-refractivity contribution in [2.24, 2.45) is 7.05 Å². The fourth-order valence-electron chi connectivity index (χ4n) is 3.04. The topological polar surface area (TPSA) is 109 Å². The van der Waals surface area contributed by atoms with Gasteiger partial charge in [-0.05, 0) is 18.2 Å². The van der Waals surface area contributed by atoms with Crippen molar-refractivity contribution in [2.45, 2.75) is 0 Å². The minimum absolute atomic E-state index is 0.141. The quantitative estimate of drug-likeness (QED) is 0.685. The molecule has 4 rings (SSSR count). The Morgan fingerprint density at radius 1 is 0.966 bits per heavy atom. The Bertz CT molecular complexity index is 1040. The van der Waals surface area contributed by atoms with E-state index >= 15 is 0 Å². The van der Waals surface area contributed by atoms with Crippen LogP contribution in [0.3, 0.4) is 0 Å². The number of aromatic nitrogens is 5. The molecule has 1 fully saturated rings. The van der Waals surface area contributed by atoms with Crippen molar-refractivity contribution in [2.75, 3.05) is 41.3 Å². The SMILES string of the molecule is Cn1nc(C(=O)Nc2cnc(N3CCN(c4ccccn4)CC3)nc2)ccc1=O. The molecule has 148 valence electrons. The molecule has 4 heterocycles. The molecule has 1 N–H and O–H groups in total. The maximum atomic E-state index is 12.3. The first kappa shape index (κ1) is 18.5. The first-order valence-electron chi connectivity index (χ1n) is 9.19. The molecule has 0 unspecified atom stereocenters. The summed E-state index contributed by atoms with van der Waals surface area (Å²) < 4.78 is 1.11. The number of carbonyl (C=O) groups is 1. The van der Waals surface area contributed by atoms with Crippen molar-refractivity contribution in [3.63, 3.8) is 0 Å². The number of aryl methyl sites for hydroxylation is 1. The number of carbonyl (C=O) groups excluding carboxylic acids is 1. The average Bonchev–Trinajstić information content (AvgIpc) is 2.77. The van der Waals surface area contributed by atoms with Gasteiger partial charge in [-0.1, -0.05) is 6.07 Å². The first-order valence-corrected chi connectivity index (χ1v) is 9.19. The van der Waals surface area contributed by atoms with Gasteiger partial charge in [0.1, 0.15) is 11.5 Å². The number of amides is 1. The van der Waals surface area contributed by atoms with Gasteiger partial charge in [-0.3, -0.25) is 9.59 Å². The molecule has 10 nitrogen and oxygen atoms in total. The highest BCUT2D eigenvalue weighted by molar-refractivity contribution is 6.02. The van der Waals surface area contributed by atoms with Crippen molar-refractivity contribution in [3.8, 4) is 0 Å². The Labute approximate surface area is 166 Å². The smallest absolute Gasteiger partial charge is 0.276 e. The third-order valence-corrected chi connectivity index (χ3v) is 4.62. The molecule has 0 bridgehead atoms. The summed E-state index contributed by atoms with van der Waals surface area (Å²) in [5.41, 5.74) is 0.320. The summed E-state index contributed by atoms with van der Waals surface area (Å²) in [6, 6.07) is 8.57. The number of hydrogen-bond donors (Lipinski definition) is 1. The zero-order valence-electron chi connectivity index (χ0n) is 15.9. The van der Waals surface area contributed by atoms with Crippen molar-refractivity contribution in [1.29, 1.82) is 0 Å². The maximum Gasteiger partial charge on any atom is 0.276 e. The molecule has 10 heteroatoms. The standard InChI is InChI=1S/C19H20N8O2/c1-25-17(28)6-5-15(24-25)18(29)23-14-12-21-19(22-13-14)27-10-8-26(9-11-27)16-4-2-3-7-20-16/h2-7,12-13H,8-11H2,1H3,(H,23,29). The molecular formula is C19H20N8O2. The molecule has 0 radical (unpaired) electrons. The molecule has 29 heavy (non-hydrogen) atoms. The number of nitrogens with one attached hydrogen (secondary N) is 1. The molecule has 1 aliphatic heterocycles. The second-order valence-electron chi connectivity index (χ2n) is 6.57. The van der Waals surface area contributed by atoms with Crippen LogP contribution in [0.5, 0.6) is 0 Å². The molecule has 1 aliphatic rings. The summed E-state index contributed by atoms with van der Waals surface area (Å²) in [5.74, 6) is 1.16. The fourth-order valence-corrected chi connectivity index (χ4v) is 3.04. The van der Waals surface area contributed by atoms with Gasteiger partial charge in [-0.2, -0.15) is 5.10 Å². The van der Waals surface area contributed by atoms with E-state index in [1.807, 2.05) is 18.2 Å². The first-order chi connectivity index (χ1) is 14.1. The summed E-state index contributed by atoms with van der Waals surface area (Å²) in [5, 5.41) is 6.61. The number of rotatable bonds is 4. The molecule has 0 aliphatic carbocycles.